The summed E-state index contributed by atoms with van der Waals surface area (Å²) in [5, 5.41) is 10.7. The normalized spacial score (nSPS) is 25.3. The van der Waals surface area contributed by atoms with E-state index in [-0.39, 0.29) is 11.1 Å². The molecule has 1 heterocycles. The number of aliphatic hydroxyl groups is 1. The van der Waals surface area contributed by atoms with E-state index in [0.29, 0.717) is 0 Å². The van der Waals surface area contributed by atoms with Crippen molar-refractivity contribution < 1.29 is 43.2 Å². The minimum absolute atomic E-state index is 0.206. The lowest BCUT2D eigenvalue weighted by molar-refractivity contribution is -0.286. The Balaban J connectivity index is 1.90. The molecule has 0 saturated carbocycles. The molecule has 0 unspecified atom stereocenters. The molecule has 5 atom stereocenters. The first-order valence-electron chi connectivity index (χ1n) is 9.42. The average molecular weight is 430 g/mol. The van der Waals surface area contributed by atoms with Gasteiger partial charge < -0.3 is 28.8 Å². The van der Waals surface area contributed by atoms with Crippen LogP contribution in [0.2, 0.25) is 0 Å². The van der Waals surface area contributed by atoms with Crippen LogP contribution in [-0.4, -0.2) is 67.9 Å². The number of carbonyl (C=O) groups is 3. The van der Waals surface area contributed by atoms with E-state index in [1.54, 1.807) is 36.4 Å². The van der Waals surface area contributed by atoms with Crippen molar-refractivity contribution in [2.75, 3.05) is 14.2 Å². The smallest absolute Gasteiger partial charge is 0.338 e. The van der Waals surface area contributed by atoms with E-state index >= 15 is 0 Å². The molecule has 0 aliphatic carbocycles. The van der Waals surface area contributed by atoms with Crippen LogP contribution >= 0.6 is 0 Å². The van der Waals surface area contributed by atoms with Crippen LogP contribution in [0.4, 0.5) is 0 Å². The van der Waals surface area contributed by atoms with Gasteiger partial charge in [0.05, 0.1) is 18.2 Å². The van der Waals surface area contributed by atoms with Gasteiger partial charge in [-0.25, -0.2) is 14.4 Å². The number of rotatable bonds is 6. The Hall–Kier alpha value is -3.27. The van der Waals surface area contributed by atoms with E-state index in [2.05, 4.69) is 4.74 Å². The van der Waals surface area contributed by atoms with Crippen LogP contribution in [0.25, 0.3) is 0 Å². The maximum absolute atomic E-state index is 12.6. The molecule has 0 amide bonds. The molecule has 3 rings (SSSR count). The Morgan fingerprint density at radius 1 is 0.806 bits per heavy atom. The summed E-state index contributed by atoms with van der Waals surface area (Å²) < 4.78 is 26.3. The van der Waals surface area contributed by atoms with Crippen LogP contribution < -0.4 is 0 Å². The van der Waals surface area contributed by atoms with Gasteiger partial charge in [0.2, 0.25) is 0 Å². The number of hydrogen-bond donors (Lipinski definition) is 1. The summed E-state index contributed by atoms with van der Waals surface area (Å²) in [6.07, 6.45) is -7.34. The second-order valence-electron chi connectivity index (χ2n) is 6.65. The number of benzene rings is 2. The van der Waals surface area contributed by atoms with Crippen molar-refractivity contribution in [2.24, 2.45) is 0 Å². The van der Waals surface area contributed by atoms with Gasteiger partial charge >= 0.3 is 17.9 Å². The lowest BCUT2D eigenvalue weighted by Crippen LogP contribution is -2.62. The van der Waals surface area contributed by atoms with Gasteiger partial charge in [-0.1, -0.05) is 36.4 Å². The minimum atomic E-state index is -1.68. The van der Waals surface area contributed by atoms with Crippen LogP contribution in [-0.2, 0) is 28.5 Å². The second-order valence-corrected chi connectivity index (χ2v) is 6.65. The largest absolute Gasteiger partial charge is 0.467 e. The lowest BCUT2D eigenvalue weighted by Gasteiger charge is -2.41. The van der Waals surface area contributed by atoms with Crippen molar-refractivity contribution >= 4 is 17.9 Å². The first kappa shape index (κ1) is 22.4. The second kappa shape index (κ2) is 10.2. The van der Waals surface area contributed by atoms with E-state index in [9.17, 15) is 19.5 Å². The third-order valence-electron chi connectivity index (χ3n) is 4.69. The summed E-state index contributed by atoms with van der Waals surface area (Å²) in [5.41, 5.74) is 0.438. The molecule has 9 heteroatoms. The summed E-state index contributed by atoms with van der Waals surface area (Å²) >= 11 is 0. The van der Waals surface area contributed by atoms with Crippen LogP contribution in [0, 0.1) is 0 Å². The average Bonchev–Trinajstić information content (AvgIpc) is 2.82. The summed E-state index contributed by atoms with van der Waals surface area (Å²) in [4.78, 5) is 37.3. The van der Waals surface area contributed by atoms with Crippen LogP contribution in [0.5, 0.6) is 0 Å². The predicted octanol–water partition coefficient (Wildman–Crippen LogP) is 1.34. The Morgan fingerprint density at radius 3 is 1.74 bits per heavy atom. The number of carbonyl (C=O) groups excluding carboxylic acids is 3. The maximum atomic E-state index is 12.6. The first-order valence-corrected chi connectivity index (χ1v) is 9.42. The van der Waals surface area contributed by atoms with E-state index in [1.807, 2.05) is 0 Å². The number of aliphatic hydroxyl groups excluding tert-OH is 1. The molecule has 1 aliphatic rings. The van der Waals surface area contributed by atoms with Gasteiger partial charge in [-0.3, -0.25) is 0 Å². The molecule has 0 radical (unpaired) electrons. The molecule has 0 spiro atoms. The van der Waals surface area contributed by atoms with Gasteiger partial charge in [-0.15, -0.1) is 0 Å². The molecule has 0 aromatic heterocycles. The predicted molar refractivity (Wildman–Crippen MR) is 105 cm³/mol. The Labute approximate surface area is 178 Å². The SMILES string of the molecule is COC(=O)[C@H]1O[C@H](OC)[C@H](OC(=O)c2ccccc2)[C@@H](OC(=O)c2ccccc2)[C@@H]1O. The highest BCUT2D eigenvalue weighted by Crippen LogP contribution is 2.28. The topological polar surface area (TPSA) is 118 Å². The van der Waals surface area contributed by atoms with Gasteiger partial charge in [0.1, 0.15) is 6.10 Å². The molecular formula is C22H22O9. The van der Waals surface area contributed by atoms with Gasteiger partial charge in [0.15, 0.2) is 24.6 Å². The molecule has 1 aliphatic heterocycles. The molecule has 0 bridgehead atoms. The number of hydrogen-bond acceptors (Lipinski definition) is 9. The summed E-state index contributed by atoms with van der Waals surface area (Å²) in [7, 11) is 2.38. The standard InChI is InChI=1S/C22H22O9/c1-27-21(26)17-15(23)16(29-19(24)13-9-5-3-6-10-13)18(22(28-2)31-17)30-20(25)14-11-7-4-8-12-14/h3-12,15-18,22-23H,1-2H3/t15-,16-,17-,18+,22-/m0/s1. The highest BCUT2D eigenvalue weighted by molar-refractivity contribution is 5.90. The van der Waals surface area contributed by atoms with E-state index in [4.69, 9.17) is 18.9 Å². The van der Waals surface area contributed by atoms with Gasteiger partial charge in [-0.05, 0) is 24.3 Å². The van der Waals surface area contributed by atoms with Crippen molar-refractivity contribution in [3.8, 4) is 0 Å². The van der Waals surface area contributed by atoms with Gasteiger partial charge in [0.25, 0.3) is 0 Å². The number of methoxy groups -OCH3 is 2. The monoisotopic (exact) mass is 430 g/mol. The highest BCUT2D eigenvalue weighted by atomic mass is 16.7. The zero-order chi connectivity index (χ0) is 22.4. The highest BCUT2D eigenvalue weighted by Gasteiger charge is 2.53. The third-order valence-corrected chi connectivity index (χ3v) is 4.69. The molecule has 1 saturated heterocycles. The van der Waals surface area contributed by atoms with Gasteiger partial charge in [-0.2, -0.15) is 0 Å². The van der Waals surface area contributed by atoms with Gasteiger partial charge in [0, 0.05) is 7.11 Å². The zero-order valence-electron chi connectivity index (χ0n) is 16.9. The molecular weight excluding hydrogens is 408 g/mol. The van der Waals surface area contributed by atoms with Crippen molar-refractivity contribution in [1.82, 2.24) is 0 Å². The van der Waals surface area contributed by atoms with E-state index < -0.39 is 48.6 Å². The molecule has 2 aromatic rings. The minimum Gasteiger partial charge on any atom is -0.467 e. The van der Waals surface area contributed by atoms with Crippen molar-refractivity contribution in [3.63, 3.8) is 0 Å². The number of esters is 3. The molecule has 1 N–H and O–H groups in total. The zero-order valence-corrected chi connectivity index (χ0v) is 16.9. The Kier molecular flexibility index (Phi) is 7.35. The van der Waals surface area contributed by atoms with Crippen LogP contribution in [0.1, 0.15) is 20.7 Å². The fourth-order valence-corrected chi connectivity index (χ4v) is 3.12. The number of ether oxygens (including phenoxy) is 5. The van der Waals surface area contributed by atoms with Crippen molar-refractivity contribution in [3.05, 3.63) is 71.8 Å². The van der Waals surface area contributed by atoms with E-state index in [1.165, 1.54) is 31.4 Å². The summed E-state index contributed by atoms with van der Waals surface area (Å²) in [6.45, 7) is 0. The Morgan fingerprint density at radius 2 is 1.29 bits per heavy atom. The van der Waals surface area contributed by atoms with Crippen molar-refractivity contribution in [1.29, 1.82) is 0 Å². The molecule has 9 nitrogen and oxygen atoms in total. The molecule has 1 fully saturated rings. The quantitative estimate of drug-likeness (QED) is 0.535. The molecule has 2 aromatic carbocycles. The molecule has 164 valence electrons. The van der Waals surface area contributed by atoms with Crippen molar-refractivity contribution in [2.45, 2.75) is 30.7 Å². The fraction of sp³-hybridized carbons (Fsp3) is 0.318. The first-order chi connectivity index (χ1) is 15.0. The van der Waals surface area contributed by atoms with E-state index in [0.717, 1.165) is 7.11 Å². The lowest BCUT2D eigenvalue weighted by atomic mass is 9.98. The van der Waals surface area contributed by atoms with Crippen LogP contribution in [0.3, 0.4) is 0 Å². The Bertz CT molecular complexity index is 900. The van der Waals surface area contributed by atoms with Crippen LogP contribution in [0.15, 0.2) is 60.7 Å². The summed E-state index contributed by atoms with van der Waals surface area (Å²) in [5.74, 6) is -2.44. The maximum Gasteiger partial charge on any atom is 0.338 e. The third kappa shape index (κ3) is 5.08. The fourth-order valence-electron chi connectivity index (χ4n) is 3.12. The summed E-state index contributed by atoms with van der Waals surface area (Å²) in [6, 6.07) is 16.1. The molecule has 31 heavy (non-hydrogen) atoms.